The van der Waals surface area contributed by atoms with Gasteiger partial charge in [0.1, 0.15) is 11.6 Å². The zero-order valence-electron chi connectivity index (χ0n) is 15.4. The normalized spacial score (nSPS) is 15.1. The molecule has 2 aromatic rings. The first kappa shape index (κ1) is 21.3. The van der Waals surface area contributed by atoms with Crippen molar-refractivity contribution in [2.45, 2.75) is 34.8 Å². The van der Waals surface area contributed by atoms with Gasteiger partial charge in [0.15, 0.2) is 9.84 Å². The first-order valence-corrected chi connectivity index (χ1v) is 11.3. The topological polar surface area (TPSA) is 92.3 Å². The number of benzene rings is 2. The van der Waals surface area contributed by atoms with E-state index in [1.54, 1.807) is 6.07 Å². The van der Waals surface area contributed by atoms with Crippen molar-refractivity contribution in [3.05, 3.63) is 48.0 Å². The Labute approximate surface area is 171 Å². The second-order valence-corrected chi connectivity index (χ2v) is 10.0. The second kappa shape index (κ2) is 8.50. The number of halogens is 2. The molecule has 2 amide bonds. The van der Waals surface area contributed by atoms with Crippen LogP contribution in [0.2, 0.25) is 0 Å². The Bertz CT molecular complexity index is 1070. The van der Waals surface area contributed by atoms with E-state index in [0.29, 0.717) is 17.9 Å². The molecule has 2 aromatic carbocycles. The highest BCUT2D eigenvalue weighted by Gasteiger charge is 2.27. The van der Waals surface area contributed by atoms with Crippen LogP contribution < -0.4 is 10.6 Å². The molecule has 2 N–H and O–H groups in total. The Hall–Kier alpha value is -2.46. The van der Waals surface area contributed by atoms with Gasteiger partial charge < -0.3 is 10.6 Å². The van der Waals surface area contributed by atoms with Crippen LogP contribution in [0, 0.1) is 11.6 Å². The molecule has 0 spiro atoms. The van der Waals surface area contributed by atoms with Crippen molar-refractivity contribution in [3.63, 3.8) is 0 Å². The molecule has 0 aromatic heterocycles. The SMILES string of the molecule is C[C@H](CC(=O)Nc1cc(F)ccc1F)S(=O)(=O)c1ccc2c(c1)NC(=O)CCS2. The fourth-order valence-electron chi connectivity index (χ4n) is 2.77. The van der Waals surface area contributed by atoms with Crippen LogP contribution in [0.4, 0.5) is 20.2 Å². The summed E-state index contributed by atoms with van der Waals surface area (Å²) in [6.45, 7) is 1.36. The largest absolute Gasteiger partial charge is 0.325 e. The number of carbonyl (C=O) groups is 2. The van der Waals surface area contributed by atoms with Gasteiger partial charge in [0.05, 0.1) is 21.5 Å². The predicted molar refractivity (Wildman–Crippen MR) is 107 cm³/mol. The van der Waals surface area contributed by atoms with E-state index in [4.69, 9.17) is 0 Å². The highest BCUT2D eigenvalue weighted by molar-refractivity contribution is 7.99. The van der Waals surface area contributed by atoms with Crippen molar-refractivity contribution in [2.24, 2.45) is 0 Å². The molecule has 1 aliphatic rings. The zero-order chi connectivity index (χ0) is 21.2. The van der Waals surface area contributed by atoms with E-state index in [0.717, 1.165) is 23.1 Å². The van der Waals surface area contributed by atoms with E-state index >= 15 is 0 Å². The number of carbonyl (C=O) groups excluding carboxylic acids is 2. The lowest BCUT2D eigenvalue weighted by molar-refractivity contribution is -0.116. The number of fused-ring (bicyclic) bond motifs is 1. The van der Waals surface area contributed by atoms with Crippen LogP contribution >= 0.6 is 11.8 Å². The summed E-state index contributed by atoms with van der Waals surface area (Å²) in [6, 6.07) is 7.02. The van der Waals surface area contributed by atoms with E-state index < -0.39 is 39.0 Å². The smallest absolute Gasteiger partial charge is 0.225 e. The Kier molecular flexibility index (Phi) is 6.23. The molecule has 0 fully saturated rings. The first-order valence-electron chi connectivity index (χ1n) is 8.72. The van der Waals surface area contributed by atoms with Gasteiger partial charge in [0.25, 0.3) is 0 Å². The molecule has 0 saturated carbocycles. The minimum absolute atomic E-state index is 0.0312. The molecule has 1 aliphatic heterocycles. The van der Waals surface area contributed by atoms with Crippen molar-refractivity contribution in [1.29, 1.82) is 0 Å². The summed E-state index contributed by atoms with van der Waals surface area (Å²) in [6.07, 6.45) is -0.120. The maximum atomic E-state index is 13.7. The van der Waals surface area contributed by atoms with Gasteiger partial charge in [-0.15, -0.1) is 11.8 Å². The number of thioether (sulfide) groups is 1. The van der Waals surface area contributed by atoms with Gasteiger partial charge in [-0.05, 0) is 37.3 Å². The molecule has 6 nitrogen and oxygen atoms in total. The molecule has 3 rings (SSSR count). The number of nitrogens with one attached hydrogen (secondary N) is 2. The third-order valence-corrected chi connectivity index (χ3v) is 7.56. The van der Waals surface area contributed by atoms with Crippen molar-refractivity contribution < 1.29 is 26.8 Å². The molecule has 0 unspecified atom stereocenters. The monoisotopic (exact) mass is 440 g/mol. The van der Waals surface area contributed by atoms with Crippen molar-refractivity contribution in [2.75, 3.05) is 16.4 Å². The molecular formula is C19H18F2N2O4S2. The predicted octanol–water partition coefficient (Wildman–Crippen LogP) is 3.59. The number of anilines is 2. The molecule has 154 valence electrons. The zero-order valence-corrected chi connectivity index (χ0v) is 17.0. The van der Waals surface area contributed by atoms with Crippen LogP contribution in [0.15, 0.2) is 46.2 Å². The van der Waals surface area contributed by atoms with E-state index in [1.165, 1.54) is 30.8 Å². The molecule has 0 aliphatic carbocycles. The number of rotatable bonds is 5. The van der Waals surface area contributed by atoms with Crippen LogP contribution in [0.25, 0.3) is 0 Å². The van der Waals surface area contributed by atoms with Gasteiger partial charge in [0.2, 0.25) is 11.8 Å². The van der Waals surface area contributed by atoms with Gasteiger partial charge in [-0.1, -0.05) is 0 Å². The fraction of sp³-hybridized carbons (Fsp3) is 0.263. The van der Waals surface area contributed by atoms with E-state index in [9.17, 15) is 26.8 Å². The van der Waals surface area contributed by atoms with Gasteiger partial charge in [-0.25, -0.2) is 17.2 Å². The third kappa shape index (κ3) is 4.94. The van der Waals surface area contributed by atoms with Gasteiger partial charge in [-0.2, -0.15) is 0 Å². The average molecular weight is 440 g/mol. The van der Waals surface area contributed by atoms with E-state index in [-0.39, 0.29) is 16.5 Å². The minimum atomic E-state index is -3.90. The van der Waals surface area contributed by atoms with Crippen LogP contribution in [-0.2, 0) is 19.4 Å². The number of hydrogen-bond donors (Lipinski definition) is 2. The van der Waals surface area contributed by atoms with Gasteiger partial charge in [-0.3, -0.25) is 9.59 Å². The summed E-state index contributed by atoms with van der Waals surface area (Å²) >= 11 is 1.45. The summed E-state index contributed by atoms with van der Waals surface area (Å²) in [5, 5.41) is 3.75. The van der Waals surface area contributed by atoms with Crippen LogP contribution in [0.1, 0.15) is 19.8 Å². The van der Waals surface area contributed by atoms with E-state index in [2.05, 4.69) is 10.6 Å². The van der Waals surface area contributed by atoms with Crippen LogP contribution in [-0.4, -0.2) is 31.2 Å². The number of amides is 2. The minimum Gasteiger partial charge on any atom is -0.325 e. The molecule has 29 heavy (non-hydrogen) atoms. The third-order valence-electron chi connectivity index (χ3n) is 4.35. The lowest BCUT2D eigenvalue weighted by Crippen LogP contribution is -2.25. The summed E-state index contributed by atoms with van der Waals surface area (Å²) < 4.78 is 52.6. The molecule has 1 heterocycles. The van der Waals surface area contributed by atoms with Crippen molar-refractivity contribution >= 4 is 44.8 Å². The number of sulfone groups is 1. The lowest BCUT2D eigenvalue weighted by Gasteiger charge is -2.15. The summed E-state index contributed by atoms with van der Waals surface area (Å²) in [7, 11) is -3.90. The van der Waals surface area contributed by atoms with Crippen molar-refractivity contribution in [3.8, 4) is 0 Å². The molecular weight excluding hydrogens is 422 g/mol. The average Bonchev–Trinajstić information content (AvgIpc) is 2.84. The van der Waals surface area contributed by atoms with E-state index in [1.807, 2.05) is 0 Å². The fourth-order valence-corrected chi connectivity index (χ4v) is 5.09. The second-order valence-electron chi connectivity index (χ2n) is 6.54. The highest BCUT2D eigenvalue weighted by atomic mass is 32.2. The summed E-state index contributed by atoms with van der Waals surface area (Å²) in [4.78, 5) is 24.6. The van der Waals surface area contributed by atoms with Crippen LogP contribution in [0.3, 0.4) is 0 Å². The molecule has 0 bridgehead atoms. The Morgan fingerprint density at radius 1 is 1.24 bits per heavy atom. The summed E-state index contributed by atoms with van der Waals surface area (Å²) in [5.41, 5.74) is 0.0569. The Balaban J connectivity index is 1.76. The molecule has 0 saturated heterocycles. The Morgan fingerprint density at radius 3 is 2.76 bits per heavy atom. The lowest BCUT2D eigenvalue weighted by atomic mass is 10.2. The Morgan fingerprint density at radius 2 is 2.00 bits per heavy atom. The standard InChI is InChI=1S/C19H18F2N2O4S2/c1-11(8-19(25)22-15-9-12(20)2-4-14(15)21)29(26,27)13-3-5-17-16(10-13)23-18(24)6-7-28-17/h2-5,9-11H,6-8H2,1H3,(H,22,25)(H,23,24)/t11-/m1/s1. The van der Waals surface area contributed by atoms with Crippen LogP contribution in [0.5, 0.6) is 0 Å². The van der Waals surface area contributed by atoms with Gasteiger partial charge >= 0.3 is 0 Å². The first-order chi connectivity index (χ1) is 13.7. The van der Waals surface area contributed by atoms with Crippen molar-refractivity contribution in [1.82, 2.24) is 0 Å². The molecule has 1 atom stereocenters. The highest BCUT2D eigenvalue weighted by Crippen LogP contribution is 2.33. The van der Waals surface area contributed by atoms with Gasteiger partial charge in [0, 0.05) is 29.6 Å². The maximum absolute atomic E-state index is 13.7. The summed E-state index contributed by atoms with van der Waals surface area (Å²) in [5.74, 6) is -1.92. The quantitative estimate of drug-likeness (QED) is 0.741. The maximum Gasteiger partial charge on any atom is 0.225 e. The molecule has 0 radical (unpaired) electrons. The number of hydrogen-bond acceptors (Lipinski definition) is 5. The molecule has 10 heteroatoms.